The molecule has 2 N–H and O–H groups in total. The molecule has 0 saturated carbocycles. The molecule has 1 unspecified atom stereocenters. The van der Waals surface area contributed by atoms with Gasteiger partial charge in [0.2, 0.25) is 0 Å². The lowest BCUT2D eigenvalue weighted by atomic mass is 10.2. The standard InChI is InChI=1S/C16H18N2O4S/c1-10(3-8-14(19)20)18-15(21)13-9-17-16(23-13)11-4-6-12(22-2)7-5-11/h4-7,9-10H,3,8H2,1-2H3,(H,18,21)(H,19,20). The Morgan fingerprint density at radius 3 is 2.65 bits per heavy atom. The lowest BCUT2D eigenvalue weighted by Gasteiger charge is -2.11. The van der Waals surface area contributed by atoms with E-state index in [1.807, 2.05) is 24.3 Å². The van der Waals surface area contributed by atoms with Crippen molar-refractivity contribution in [3.63, 3.8) is 0 Å². The van der Waals surface area contributed by atoms with Crippen molar-refractivity contribution in [2.75, 3.05) is 7.11 Å². The number of nitrogens with one attached hydrogen (secondary N) is 1. The molecule has 0 aliphatic carbocycles. The second-order valence-corrected chi connectivity index (χ2v) is 6.10. The third-order valence-corrected chi connectivity index (χ3v) is 4.28. The number of aliphatic carboxylic acids is 1. The number of carboxylic acid groups (broad SMARTS) is 1. The minimum Gasteiger partial charge on any atom is -0.497 e. The van der Waals surface area contributed by atoms with E-state index in [0.29, 0.717) is 11.3 Å². The van der Waals surface area contributed by atoms with Crippen LogP contribution in [0.4, 0.5) is 0 Å². The Labute approximate surface area is 138 Å². The van der Waals surface area contributed by atoms with Crippen LogP contribution in [0.1, 0.15) is 29.4 Å². The summed E-state index contributed by atoms with van der Waals surface area (Å²) in [6, 6.07) is 7.24. The first-order chi connectivity index (χ1) is 11.0. The highest BCUT2D eigenvalue weighted by Gasteiger charge is 2.14. The van der Waals surface area contributed by atoms with Crippen LogP contribution in [0.2, 0.25) is 0 Å². The Morgan fingerprint density at radius 1 is 1.35 bits per heavy atom. The summed E-state index contributed by atoms with van der Waals surface area (Å²) in [5.74, 6) is -0.346. The first kappa shape index (κ1) is 17.0. The van der Waals surface area contributed by atoms with Crippen LogP contribution in [0.25, 0.3) is 10.6 Å². The fraction of sp³-hybridized carbons (Fsp3) is 0.312. The Morgan fingerprint density at radius 2 is 2.04 bits per heavy atom. The van der Waals surface area contributed by atoms with Gasteiger partial charge in [-0.2, -0.15) is 0 Å². The summed E-state index contributed by atoms with van der Waals surface area (Å²) < 4.78 is 5.11. The highest BCUT2D eigenvalue weighted by Crippen LogP contribution is 2.26. The van der Waals surface area contributed by atoms with E-state index in [2.05, 4.69) is 10.3 Å². The van der Waals surface area contributed by atoms with Crippen molar-refractivity contribution in [3.8, 4) is 16.3 Å². The van der Waals surface area contributed by atoms with Crippen LogP contribution < -0.4 is 10.1 Å². The predicted octanol–water partition coefficient (Wildman–Crippen LogP) is 2.80. The topological polar surface area (TPSA) is 88.5 Å². The molecular formula is C16H18N2O4S. The number of nitrogens with zero attached hydrogens (tertiary/aromatic N) is 1. The van der Waals surface area contributed by atoms with Crippen molar-refractivity contribution in [3.05, 3.63) is 35.3 Å². The van der Waals surface area contributed by atoms with Crippen LogP contribution in [-0.2, 0) is 4.79 Å². The number of aromatic nitrogens is 1. The van der Waals surface area contributed by atoms with Gasteiger partial charge in [0, 0.05) is 18.0 Å². The van der Waals surface area contributed by atoms with Gasteiger partial charge in [-0.15, -0.1) is 11.3 Å². The summed E-state index contributed by atoms with van der Waals surface area (Å²) in [5.41, 5.74) is 0.911. The van der Waals surface area contributed by atoms with Crippen LogP contribution >= 0.6 is 11.3 Å². The van der Waals surface area contributed by atoms with Crippen LogP contribution in [0.3, 0.4) is 0 Å². The number of rotatable bonds is 7. The molecule has 6 nitrogen and oxygen atoms in total. The van der Waals surface area contributed by atoms with Crippen molar-refractivity contribution in [2.45, 2.75) is 25.8 Å². The first-order valence-corrected chi connectivity index (χ1v) is 7.94. The maximum atomic E-state index is 12.1. The van der Waals surface area contributed by atoms with E-state index in [1.54, 1.807) is 14.0 Å². The summed E-state index contributed by atoms with van der Waals surface area (Å²) in [7, 11) is 1.60. The highest BCUT2D eigenvalue weighted by atomic mass is 32.1. The number of ether oxygens (including phenoxy) is 1. The van der Waals surface area contributed by atoms with Gasteiger partial charge in [-0.3, -0.25) is 9.59 Å². The van der Waals surface area contributed by atoms with E-state index in [-0.39, 0.29) is 18.4 Å². The van der Waals surface area contributed by atoms with Crippen molar-refractivity contribution < 1.29 is 19.4 Å². The molecule has 0 spiro atoms. The van der Waals surface area contributed by atoms with Gasteiger partial charge in [0.1, 0.15) is 15.6 Å². The molecule has 1 atom stereocenters. The van der Waals surface area contributed by atoms with E-state index in [9.17, 15) is 9.59 Å². The average Bonchev–Trinajstić information content (AvgIpc) is 3.03. The van der Waals surface area contributed by atoms with Gasteiger partial charge in [0.15, 0.2) is 0 Å². The Balaban J connectivity index is 2.00. The Bertz CT molecular complexity index is 682. The minimum absolute atomic E-state index is 0.0290. The summed E-state index contributed by atoms with van der Waals surface area (Å²) in [4.78, 5) is 27.4. The molecule has 1 heterocycles. The van der Waals surface area contributed by atoms with E-state index in [1.165, 1.54) is 17.5 Å². The molecule has 0 radical (unpaired) electrons. The van der Waals surface area contributed by atoms with Gasteiger partial charge in [0.05, 0.1) is 13.3 Å². The van der Waals surface area contributed by atoms with Gasteiger partial charge < -0.3 is 15.2 Å². The number of hydrogen-bond donors (Lipinski definition) is 2. The van der Waals surface area contributed by atoms with E-state index in [0.717, 1.165) is 16.3 Å². The third-order valence-electron chi connectivity index (χ3n) is 3.24. The van der Waals surface area contributed by atoms with Gasteiger partial charge >= 0.3 is 5.97 Å². The zero-order chi connectivity index (χ0) is 16.8. The normalized spacial score (nSPS) is 11.7. The van der Waals surface area contributed by atoms with Gasteiger partial charge in [-0.1, -0.05) is 0 Å². The van der Waals surface area contributed by atoms with Crippen molar-refractivity contribution in [2.24, 2.45) is 0 Å². The maximum absolute atomic E-state index is 12.1. The first-order valence-electron chi connectivity index (χ1n) is 7.12. The van der Waals surface area contributed by atoms with Gasteiger partial charge in [0.25, 0.3) is 5.91 Å². The van der Waals surface area contributed by atoms with E-state index >= 15 is 0 Å². The zero-order valence-corrected chi connectivity index (χ0v) is 13.7. The summed E-state index contributed by atoms with van der Waals surface area (Å²) in [6.07, 6.45) is 1.95. The number of carbonyl (C=O) groups is 2. The molecule has 0 bridgehead atoms. The lowest BCUT2D eigenvalue weighted by Crippen LogP contribution is -2.32. The van der Waals surface area contributed by atoms with Crippen LogP contribution in [0.15, 0.2) is 30.5 Å². The smallest absolute Gasteiger partial charge is 0.303 e. The molecule has 7 heteroatoms. The molecule has 1 amide bonds. The second-order valence-electron chi connectivity index (χ2n) is 5.07. The fourth-order valence-corrected chi connectivity index (χ4v) is 2.78. The largest absolute Gasteiger partial charge is 0.497 e. The number of carboxylic acids is 1. The Kier molecular flexibility index (Phi) is 5.70. The molecule has 0 aliphatic heterocycles. The molecule has 2 rings (SSSR count). The average molecular weight is 334 g/mol. The molecular weight excluding hydrogens is 316 g/mol. The molecule has 23 heavy (non-hydrogen) atoms. The summed E-state index contributed by atoms with van der Waals surface area (Å²) in [6.45, 7) is 1.78. The number of thiazole rings is 1. The zero-order valence-electron chi connectivity index (χ0n) is 12.9. The molecule has 1 aromatic heterocycles. The van der Waals surface area contributed by atoms with Crippen molar-refractivity contribution >= 4 is 23.2 Å². The number of methoxy groups -OCH3 is 1. The maximum Gasteiger partial charge on any atom is 0.303 e. The number of carbonyl (C=O) groups excluding carboxylic acids is 1. The molecule has 0 fully saturated rings. The SMILES string of the molecule is COc1ccc(-c2ncc(C(=O)NC(C)CCC(=O)O)s2)cc1. The monoisotopic (exact) mass is 334 g/mol. The van der Waals surface area contributed by atoms with Gasteiger partial charge in [-0.25, -0.2) is 4.98 Å². The van der Waals surface area contributed by atoms with Crippen molar-refractivity contribution in [1.29, 1.82) is 0 Å². The molecule has 2 aromatic rings. The quantitative estimate of drug-likeness (QED) is 0.813. The van der Waals surface area contributed by atoms with Gasteiger partial charge in [-0.05, 0) is 37.6 Å². The third kappa shape index (κ3) is 4.79. The molecule has 0 saturated heterocycles. The van der Waals surface area contributed by atoms with Crippen molar-refractivity contribution in [1.82, 2.24) is 10.3 Å². The molecule has 0 aliphatic rings. The summed E-state index contributed by atoms with van der Waals surface area (Å²) in [5, 5.41) is 12.2. The number of amides is 1. The lowest BCUT2D eigenvalue weighted by molar-refractivity contribution is -0.137. The van der Waals surface area contributed by atoms with Crippen LogP contribution in [0.5, 0.6) is 5.75 Å². The molecule has 122 valence electrons. The molecule has 1 aromatic carbocycles. The van der Waals surface area contributed by atoms with E-state index < -0.39 is 5.97 Å². The van der Waals surface area contributed by atoms with Crippen LogP contribution in [0, 0.1) is 0 Å². The second kappa shape index (κ2) is 7.73. The van der Waals surface area contributed by atoms with Crippen LogP contribution in [-0.4, -0.2) is 35.1 Å². The highest BCUT2D eigenvalue weighted by molar-refractivity contribution is 7.16. The summed E-state index contributed by atoms with van der Waals surface area (Å²) >= 11 is 1.29. The number of hydrogen-bond acceptors (Lipinski definition) is 5. The predicted molar refractivity (Wildman–Crippen MR) is 87.9 cm³/mol. The van der Waals surface area contributed by atoms with E-state index in [4.69, 9.17) is 9.84 Å². The fourth-order valence-electron chi connectivity index (χ4n) is 1.95. The Hall–Kier alpha value is -2.41. The number of benzene rings is 1. The minimum atomic E-state index is -0.870.